The molecular weight excluding hydrogens is 256 g/mol. The summed E-state index contributed by atoms with van der Waals surface area (Å²) in [6, 6.07) is 4.97. The number of hydrogen-bond acceptors (Lipinski definition) is 4. The maximum absolute atomic E-state index is 11.9. The summed E-state index contributed by atoms with van der Waals surface area (Å²) >= 11 is 0. The Morgan fingerprint density at radius 1 is 1.39 bits per heavy atom. The van der Waals surface area contributed by atoms with Gasteiger partial charge >= 0.3 is 0 Å². The van der Waals surface area contributed by atoms with Crippen LogP contribution in [0.2, 0.25) is 0 Å². The molecule has 102 valence electrons. The quantitative estimate of drug-likeness (QED) is 0.846. The Morgan fingerprint density at radius 3 is 2.56 bits per heavy atom. The van der Waals surface area contributed by atoms with E-state index in [2.05, 4.69) is 5.32 Å². The van der Waals surface area contributed by atoms with Crippen molar-refractivity contribution < 1.29 is 14.3 Å². The molecule has 0 spiro atoms. The first-order valence-corrected chi connectivity index (χ1v) is 5.35. The van der Waals surface area contributed by atoms with Gasteiger partial charge in [-0.25, -0.2) is 0 Å². The Bertz CT molecular complexity index is 399. The van der Waals surface area contributed by atoms with Crippen LogP contribution < -0.4 is 20.5 Å². The van der Waals surface area contributed by atoms with Crippen molar-refractivity contribution in [1.82, 2.24) is 5.32 Å². The summed E-state index contributed by atoms with van der Waals surface area (Å²) < 4.78 is 10.2. The summed E-state index contributed by atoms with van der Waals surface area (Å²) in [4.78, 5) is 11.9. The van der Waals surface area contributed by atoms with Crippen molar-refractivity contribution in [1.29, 1.82) is 0 Å². The van der Waals surface area contributed by atoms with Gasteiger partial charge in [-0.05, 0) is 19.1 Å². The van der Waals surface area contributed by atoms with Crippen LogP contribution in [0.1, 0.15) is 17.3 Å². The second kappa shape index (κ2) is 7.79. The van der Waals surface area contributed by atoms with Crippen LogP contribution in [0, 0.1) is 0 Å². The third-order valence-corrected chi connectivity index (χ3v) is 2.38. The van der Waals surface area contributed by atoms with Gasteiger partial charge in [0, 0.05) is 18.7 Å². The molecule has 0 aromatic heterocycles. The maximum atomic E-state index is 11.9. The lowest BCUT2D eigenvalue weighted by atomic mass is 10.1. The molecule has 1 aromatic carbocycles. The number of nitrogens with two attached hydrogens (primary N) is 1. The van der Waals surface area contributed by atoms with Gasteiger partial charge in [-0.15, -0.1) is 12.4 Å². The van der Waals surface area contributed by atoms with Crippen molar-refractivity contribution in [3.05, 3.63) is 23.8 Å². The third kappa shape index (κ3) is 4.09. The van der Waals surface area contributed by atoms with Crippen LogP contribution in [-0.4, -0.2) is 32.7 Å². The molecule has 0 radical (unpaired) electrons. The lowest BCUT2D eigenvalue weighted by Crippen LogP contribution is -2.37. The minimum atomic E-state index is -0.206. The first-order chi connectivity index (χ1) is 8.12. The number of hydrogen-bond donors (Lipinski definition) is 2. The zero-order valence-corrected chi connectivity index (χ0v) is 11.5. The molecular formula is C12H19ClN2O3. The van der Waals surface area contributed by atoms with Gasteiger partial charge in [-0.3, -0.25) is 4.79 Å². The lowest BCUT2D eigenvalue weighted by Gasteiger charge is -2.14. The monoisotopic (exact) mass is 274 g/mol. The first kappa shape index (κ1) is 16.5. The average molecular weight is 275 g/mol. The molecule has 1 aromatic rings. The molecule has 1 rings (SSSR count). The molecule has 0 aliphatic carbocycles. The summed E-state index contributed by atoms with van der Waals surface area (Å²) in [5.41, 5.74) is 5.91. The summed E-state index contributed by atoms with van der Waals surface area (Å²) in [6.07, 6.45) is 0. The number of benzene rings is 1. The predicted molar refractivity (Wildman–Crippen MR) is 72.8 cm³/mol. The Kier molecular flexibility index (Phi) is 7.16. The number of ether oxygens (including phenoxy) is 2. The number of halogens is 1. The molecule has 0 saturated heterocycles. The number of amides is 1. The molecule has 0 fully saturated rings. The Morgan fingerprint density at radius 2 is 2.06 bits per heavy atom. The van der Waals surface area contributed by atoms with Crippen molar-refractivity contribution in [2.75, 3.05) is 20.8 Å². The van der Waals surface area contributed by atoms with E-state index in [0.29, 0.717) is 23.6 Å². The third-order valence-electron chi connectivity index (χ3n) is 2.38. The van der Waals surface area contributed by atoms with Crippen LogP contribution in [-0.2, 0) is 0 Å². The smallest absolute Gasteiger partial charge is 0.255 e. The van der Waals surface area contributed by atoms with Crippen LogP contribution in [0.15, 0.2) is 18.2 Å². The minimum Gasteiger partial charge on any atom is -0.497 e. The highest BCUT2D eigenvalue weighted by Gasteiger charge is 2.14. The topological polar surface area (TPSA) is 73.6 Å². The van der Waals surface area contributed by atoms with Gasteiger partial charge in [0.05, 0.1) is 19.8 Å². The van der Waals surface area contributed by atoms with E-state index >= 15 is 0 Å². The van der Waals surface area contributed by atoms with Crippen LogP contribution in [0.4, 0.5) is 0 Å². The van der Waals surface area contributed by atoms with E-state index in [4.69, 9.17) is 15.2 Å². The standard InChI is InChI=1S/C12H18N2O3.ClH/c1-8(7-13)14-12(15)10-5-4-9(16-2)6-11(10)17-3;/h4-6,8H,7,13H2,1-3H3,(H,14,15);1H/t8-;/m0./s1. The maximum Gasteiger partial charge on any atom is 0.255 e. The SMILES string of the molecule is COc1ccc(C(=O)N[C@@H](C)CN)c(OC)c1.Cl. The molecule has 5 nitrogen and oxygen atoms in total. The summed E-state index contributed by atoms with van der Waals surface area (Å²) in [5.74, 6) is 0.916. The fraction of sp³-hybridized carbons (Fsp3) is 0.417. The van der Waals surface area contributed by atoms with E-state index in [1.807, 2.05) is 6.92 Å². The summed E-state index contributed by atoms with van der Waals surface area (Å²) in [7, 11) is 3.07. The number of carbonyl (C=O) groups is 1. The van der Waals surface area contributed by atoms with Gasteiger partial charge in [-0.1, -0.05) is 0 Å². The number of carbonyl (C=O) groups excluding carboxylic acids is 1. The Labute approximate surface area is 113 Å². The zero-order chi connectivity index (χ0) is 12.8. The number of methoxy groups -OCH3 is 2. The molecule has 6 heteroatoms. The van der Waals surface area contributed by atoms with Gasteiger partial charge in [0.15, 0.2) is 0 Å². The predicted octanol–water partition coefficient (Wildman–Crippen LogP) is 1.20. The molecule has 0 heterocycles. The van der Waals surface area contributed by atoms with E-state index in [0.717, 1.165) is 0 Å². The van der Waals surface area contributed by atoms with Gasteiger partial charge in [0.2, 0.25) is 0 Å². The second-order valence-corrected chi connectivity index (χ2v) is 3.68. The molecule has 0 aliphatic rings. The average Bonchev–Trinajstić information content (AvgIpc) is 2.37. The van der Waals surface area contributed by atoms with E-state index in [1.54, 1.807) is 25.3 Å². The van der Waals surface area contributed by atoms with Gasteiger partial charge in [-0.2, -0.15) is 0 Å². The number of rotatable bonds is 5. The molecule has 0 unspecified atom stereocenters. The van der Waals surface area contributed by atoms with Crippen molar-refractivity contribution in [2.45, 2.75) is 13.0 Å². The van der Waals surface area contributed by atoms with Crippen LogP contribution >= 0.6 is 12.4 Å². The zero-order valence-electron chi connectivity index (χ0n) is 10.7. The van der Waals surface area contributed by atoms with Gasteiger partial charge < -0.3 is 20.5 Å². The molecule has 3 N–H and O–H groups in total. The summed E-state index contributed by atoms with van der Waals surface area (Å²) in [6.45, 7) is 2.23. The van der Waals surface area contributed by atoms with Crippen molar-refractivity contribution in [2.24, 2.45) is 5.73 Å². The van der Waals surface area contributed by atoms with E-state index in [1.165, 1.54) is 7.11 Å². The lowest BCUT2D eigenvalue weighted by molar-refractivity contribution is 0.0938. The molecule has 1 amide bonds. The van der Waals surface area contributed by atoms with Crippen molar-refractivity contribution in [3.63, 3.8) is 0 Å². The Balaban J connectivity index is 0.00000289. The molecule has 0 bridgehead atoms. The van der Waals surface area contributed by atoms with Crippen LogP contribution in [0.5, 0.6) is 11.5 Å². The van der Waals surface area contributed by atoms with Crippen LogP contribution in [0.3, 0.4) is 0 Å². The Hall–Kier alpha value is -1.46. The minimum absolute atomic E-state index is 0. The largest absolute Gasteiger partial charge is 0.497 e. The fourth-order valence-corrected chi connectivity index (χ4v) is 1.35. The summed E-state index contributed by atoms with van der Waals surface area (Å²) in [5, 5.41) is 2.77. The fourth-order valence-electron chi connectivity index (χ4n) is 1.35. The van der Waals surface area contributed by atoms with E-state index in [9.17, 15) is 4.79 Å². The number of nitrogens with one attached hydrogen (secondary N) is 1. The highest BCUT2D eigenvalue weighted by molar-refractivity contribution is 5.97. The molecule has 0 saturated carbocycles. The second-order valence-electron chi connectivity index (χ2n) is 3.68. The highest BCUT2D eigenvalue weighted by Crippen LogP contribution is 2.24. The van der Waals surface area contributed by atoms with Crippen LogP contribution in [0.25, 0.3) is 0 Å². The molecule has 18 heavy (non-hydrogen) atoms. The highest BCUT2D eigenvalue weighted by atomic mass is 35.5. The van der Waals surface area contributed by atoms with E-state index < -0.39 is 0 Å². The van der Waals surface area contributed by atoms with E-state index in [-0.39, 0.29) is 24.4 Å². The first-order valence-electron chi connectivity index (χ1n) is 5.35. The molecule has 1 atom stereocenters. The van der Waals surface area contributed by atoms with Gasteiger partial charge in [0.1, 0.15) is 11.5 Å². The van der Waals surface area contributed by atoms with Crippen molar-refractivity contribution >= 4 is 18.3 Å². The van der Waals surface area contributed by atoms with Crippen molar-refractivity contribution in [3.8, 4) is 11.5 Å². The molecule has 0 aliphatic heterocycles. The normalized spacial score (nSPS) is 11.1. The van der Waals surface area contributed by atoms with Gasteiger partial charge in [0.25, 0.3) is 5.91 Å².